The third-order valence-corrected chi connectivity index (χ3v) is 7.52. The average Bonchev–Trinajstić information content (AvgIpc) is 2.67. The molecule has 0 saturated carbocycles. The Hall–Kier alpha value is -1.85. The van der Waals surface area contributed by atoms with Crippen molar-refractivity contribution in [2.24, 2.45) is 11.8 Å². The van der Waals surface area contributed by atoms with E-state index in [4.69, 9.17) is 0 Å². The van der Waals surface area contributed by atoms with Crippen LogP contribution in [0.5, 0.6) is 5.75 Å². The molecule has 0 N–H and O–H groups in total. The van der Waals surface area contributed by atoms with Gasteiger partial charge in [-0.3, -0.25) is 9.69 Å². The summed E-state index contributed by atoms with van der Waals surface area (Å²) in [6.45, 7) is 7.31. The molecule has 31 heavy (non-hydrogen) atoms. The normalized spacial score (nSPS) is 24.2. The number of halogens is 3. The molecule has 0 bridgehead atoms. The fourth-order valence-corrected chi connectivity index (χ4v) is 5.67. The number of amides is 1. The van der Waals surface area contributed by atoms with Crippen LogP contribution in [-0.2, 0) is 14.8 Å². The highest BCUT2D eigenvalue weighted by Gasteiger charge is 2.33. The lowest BCUT2D eigenvalue weighted by molar-refractivity contribution is -0.274. The minimum atomic E-state index is -4.83. The Morgan fingerprint density at radius 1 is 1.03 bits per heavy atom. The van der Waals surface area contributed by atoms with Gasteiger partial charge in [-0.25, -0.2) is 8.42 Å². The third kappa shape index (κ3) is 6.33. The molecule has 11 heteroatoms. The number of benzene rings is 1. The summed E-state index contributed by atoms with van der Waals surface area (Å²) in [5.74, 6) is 0.538. The van der Waals surface area contributed by atoms with Crippen LogP contribution in [0.15, 0.2) is 29.2 Å². The van der Waals surface area contributed by atoms with Gasteiger partial charge < -0.3 is 9.64 Å². The fraction of sp³-hybridized carbons (Fsp3) is 0.650. The van der Waals surface area contributed by atoms with E-state index in [1.807, 2.05) is 9.80 Å². The number of hydrogen-bond acceptors (Lipinski definition) is 5. The van der Waals surface area contributed by atoms with Crippen LogP contribution in [0.4, 0.5) is 13.2 Å². The van der Waals surface area contributed by atoms with Gasteiger partial charge in [0.15, 0.2) is 0 Å². The lowest BCUT2D eigenvalue weighted by Crippen LogP contribution is -2.52. The standard InChI is InChI=1S/C20H28F3N3O4S/c1-15-11-16(2)13-25(12-15)19(27)14-24-7-9-26(10-8-24)31(28,29)18-5-3-17(4-6-18)30-20(21,22)23/h3-6,15-16H,7-14H2,1-2H3/t15-,16+. The van der Waals surface area contributed by atoms with Crippen molar-refractivity contribution in [3.8, 4) is 5.75 Å². The quantitative estimate of drug-likeness (QED) is 0.671. The number of likely N-dealkylation sites (tertiary alicyclic amines) is 1. The lowest BCUT2D eigenvalue weighted by atomic mass is 9.92. The van der Waals surface area contributed by atoms with E-state index < -0.39 is 22.1 Å². The van der Waals surface area contributed by atoms with Crippen molar-refractivity contribution < 1.29 is 31.1 Å². The first-order chi connectivity index (χ1) is 14.4. The summed E-state index contributed by atoms with van der Waals surface area (Å²) < 4.78 is 67.5. The number of carbonyl (C=O) groups excluding carboxylic acids is 1. The first kappa shape index (κ1) is 23.8. The number of rotatable bonds is 5. The largest absolute Gasteiger partial charge is 0.573 e. The molecule has 7 nitrogen and oxygen atoms in total. The summed E-state index contributed by atoms with van der Waals surface area (Å²) in [6.07, 6.45) is -3.72. The second-order valence-corrected chi connectivity index (χ2v) is 10.4. The Bertz CT molecular complexity index is 859. The number of hydrogen-bond donors (Lipinski definition) is 0. The summed E-state index contributed by atoms with van der Waals surface area (Å²) in [5, 5.41) is 0. The van der Waals surface area contributed by atoms with Gasteiger partial charge in [-0.2, -0.15) is 4.31 Å². The van der Waals surface area contributed by atoms with Crippen molar-refractivity contribution in [3.63, 3.8) is 0 Å². The van der Waals surface area contributed by atoms with Gasteiger partial charge >= 0.3 is 6.36 Å². The van der Waals surface area contributed by atoms with E-state index in [2.05, 4.69) is 18.6 Å². The van der Waals surface area contributed by atoms with Crippen LogP contribution in [0.25, 0.3) is 0 Å². The van der Waals surface area contributed by atoms with Gasteiger partial charge in [0.2, 0.25) is 15.9 Å². The van der Waals surface area contributed by atoms with Gasteiger partial charge in [-0.1, -0.05) is 13.8 Å². The summed E-state index contributed by atoms with van der Waals surface area (Å²) in [7, 11) is -3.83. The van der Waals surface area contributed by atoms with Crippen molar-refractivity contribution in [3.05, 3.63) is 24.3 Å². The molecule has 1 aromatic rings. The molecule has 0 spiro atoms. The van der Waals surface area contributed by atoms with E-state index in [1.165, 1.54) is 4.31 Å². The van der Waals surface area contributed by atoms with Crippen LogP contribution in [0.2, 0.25) is 0 Å². The number of piperidine rings is 1. The Kier molecular flexibility index (Phi) is 7.17. The van der Waals surface area contributed by atoms with Crippen molar-refractivity contribution >= 4 is 15.9 Å². The molecule has 1 amide bonds. The molecule has 1 aromatic carbocycles. The Labute approximate surface area is 180 Å². The van der Waals surface area contributed by atoms with E-state index in [1.54, 1.807) is 0 Å². The molecule has 2 aliphatic rings. The molecule has 2 heterocycles. The van der Waals surface area contributed by atoms with Gasteiger partial charge in [0.25, 0.3) is 0 Å². The Balaban J connectivity index is 1.54. The predicted octanol–water partition coefficient (Wildman–Crippen LogP) is 2.40. The summed E-state index contributed by atoms with van der Waals surface area (Å²) in [4.78, 5) is 16.4. The minimum Gasteiger partial charge on any atom is -0.406 e. The zero-order valence-electron chi connectivity index (χ0n) is 17.6. The first-order valence-corrected chi connectivity index (χ1v) is 11.7. The maximum atomic E-state index is 12.8. The molecule has 0 aliphatic carbocycles. The Morgan fingerprint density at radius 3 is 2.10 bits per heavy atom. The van der Waals surface area contributed by atoms with E-state index in [-0.39, 0.29) is 30.4 Å². The number of carbonyl (C=O) groups is 1. The van der Waals surface area contributed by atoms with Crippen LogP contribution in [0, 0.1) is 11.8 Å². The van der Waals surface area contributed by atoms with E-state index in [9.17, 15) is 26.4 Å². The zero-order chi connectivity index (χ0) is 22.8. The zero-order valence-corrected chi connectivity index (χ0v) is 18.5. The molecular weight excluding hydrogens is 435 g/mol. The molecule has 2 saturated heterocycles. The van der Waals surface area contributed by atoms with Gasteiger partial charge in [0.1, 0.15) is 5.75 Å². The number of nitrogens with zero attached hydrogens (tertiary/aromatic N) is 3. The van der Waals surface area contributed by atoms with Gasteiger partial charge in [0.05, 0.1) is 11.4 Å². The minimum absolute atomic E-state index is 0.0648. The summed E-state index contributed by atoms with van der Waals surface area (Å²) in [6, 6.07) is 4.17. The fourth-order valence-electron chi connectivity index (χ4n) is 4.25. The van der Waals surface area contributed by atoms with Crippen LogP contribution in [0.1, 0.15) is 20.3 Å². The molecule has 174 valence electrons. The van der Waals surface area contributed by atoms with Crippen molar-refractivity contribution in [1.29, 1.82) is 0 Å². The van der Waals surface area contributed by atoms with Gasteiger partial charge in [-0.15, -0.1) is 13.2 Å². The topological polar surface area (TPSA) is 70.2 Å². The van der Waals surface area contributed by atoms with Crippen LogP contribution < -0.4 is 4.74 Å². The van der Waals surface area contributed by atoms with Crippen LogP contribution in [-0.4, -0.2) is 80.6 Å². The molecule has 2 atom stereocenters. The summed E-state index contributed by atoms with van der Waals surface area (Å²) >= 11 is 0. The maximum absolute atomic E-state index is 12.8. The number of alkyl halides is 3. The maximum Gasteiger partial charge on any atom is 0.573 e. The molecule has 2 fully saturated rings. The smallest absolute Gasteiger partial charge is 0.406 e. The second kappa shape index (κ2) is 9.33. The monoisotopic (exact) mass is 463 g/mol. The van der Waals surface area contributed by atoms with E-state index in [0.29, 0.717) is 24.9 Å². The van der Waals surface area contributed by atoms with Gasteiger partial charge in [-0.05, 0) is 42.5 Å². The van der Waals surface area contributed by atoms with Crippen molar-refractivity contribution in [2.45, 2.75) is 31.5 Å². The molecule has 0 aromatic heterocycles. The highest BCUT2D eigenvalue weighted by atomic mass is 32.2. The number of sulfonamides is 1. The first-order valence-electron chi connectivity index (χ1n) is 10.3. The Morgan fingerprint density at radius 2 is 1.58 bits per heavy atom. The van der Waals surface area contributed by atoms with Crippen molar-refractivity contribution in [2.75, 3.05) is 45.8 Å². The molecular formula is C20H28F3N3O4S. The van der Waals surface area contributed by atoms with E-state index >= 15 is 0 Å². The average molecular weight is 464 g/mol. The molecule has 3 rings (SSSR count). The SMILES string of the molecule is C[C@@H]1C[C@H](C)CN(C(=O)CN2CCN(S(=O)(=O)c3ccc(OC(F)(F)F)cc3)CC2)C1. The van der Waals surface area contributed by atoms with Crippen molar-refractivity contribution in [1.82, 2.24) is 14.1 Å². The van der Waals surface area contributed by atoms with E-state index in [0.717, 1.165) is 43.8 Å². The highest BCUT2D eigenvalue weighted by molar-refractivity contribution is 7.89. The second-order valence-electron chi connectivity index (χ2n) is 8.44. The molecule has 2 aliphatic heterocycles. The number of ether oxygens (including phenoxy) is 1. The highest BCUT2D eigenvalue weighted by Crippen LogP contribution is 2.26. The lowest BCUT2D eigenvalue weighted by Gasteiger charge is -2.38. The van der Waals surface area contributed by atoms with Crippen LogP contribution in [0.3, 0.4) is 0 Å². The number of piperazine rings is 1. The van der Waals surface area contributed by atoms with Crippen LogP contribution >= 0.6 is 0 Å². The van der Waals surface area contributed by atoms with Gasteiger partial charge in [0, 0.05) is 39.3 Å². The molecule has 0 radical (unpaired) electrons. The predicted molar refractivity (Wildman–Crippen MR) is 108 cm³/mol. The summed E-state index contributed by atoms with van der Waals surface area (Å²) in [5.41, 5.74) is 0. The molecule has 0 unspecified atom stereocenters. The third-order valence-electron chi connectivity index (χ3n) is 5.61.